The zero-order valence-corrected chi connectivity index (χ0v) is 9.26. The Morgan fingerprint density at radius 3 is 2.93 bits per heavy atom. The number of oxazole rings is 1. The van der Waals surface area contributed by atoms with Crippen LogP contribution in [0.5, 0.6) is 0 Å². The lowest BCUT2D eigenvalue weighted by Gasteiger charge is -2.05. The van der Waals surface area contributed by atoms with Gasteiger partial charge in [-0.25, -0.2) is 4.98 Å². The van der Waals surface area contributed by atoms with E-state index in [9.17, 15) is 4.79 Å². The van der Waals surface area contributed by atoms with Gasteiger partial charge in [0.1, 0.15) is 12.0 Å². The first kappa shape index (κ1) is 11.1. The second-order valence-corrected chi connectivity index (χ2v) is 4.01. The standard InChI is InChI=1S/C9H13NO3S/c1-6(2)13-8(11)5-14-9-10-7(3)4-12-9/h4,6H,5H2,1-3H3. The molecular formula is C9H13NO3S. The van der Waals surface area contributed by atoms with Crippen LogP contribution in [0, 0.1) is 6.92 Å². The van der Waals surface area contributed by atoms with Gasteiger partial charge in [0.05, 0.1) is 11.8 Å². The molecule has 0 saturated heterocycles. The van der Waals surface area contributed by atoms with Crippen molar-refractivity contribution in [3.05, 3.63) is 12.0 Å². The van der Waals surface area contributed by atoms with Crippen molar-refractivity contribution in [2.45, 2.75) is 32.1 Å². The number of aromatic nitrogens is 1. The van der Waals surface area contributed by atoms with Gasteiger partial charge in [-0.05, 0) is 20.8 Å². The summed E-state index contributed by atoms with van der Waals surface area (Å²) in [5, 5.41) is 0.503. The van der Waals surface area contributed by atoms with E-state index in [1.165, 1.54) is 11.8 Å². The number of carbonyl (C=O) groups excluding carboxylic acids is 1. The average molecular weight is 215 g/mol. The van der Waals surface area contributed by atoms with E-state index in [0.29, 0.717) is 5.22 Å². The van der Waals surface area contributed by atoms with E-state index in [-0.39, 0.29) is 17.8 Å². The molecule has 0 N–H and O–H groups in total. The minimum Gasteiger partial charge on any atom is -0.462 e. The molecule has 0 aliphatic rings. The molecule has 0 fully saturated rings. The summed E-state index contributed by atoms with van der Waals surface area (Å²) in [4.78, 5) is 15.2. The topological polar surface area (TPSA) is 52.3 Å². The lowest BCUT2D eigenvalue weighted by atomic mass is 10.5. The highest BCUT2D eigenvalue weighted by Gasteiger charge is 2.08. The monoisotopic (exact) mass is 215 g/mol. The summed E-state index contributed by atoms with van der Waals surface area (Å²) in [5.41, 5.74) is 0.810. The highest BCUT2D eigenvalue weighted by Crippen LogP contribution is 2.16. The molecule has 0 aromatic carbocycles. The summed E-state index contributed by atoms with van der Waals surface area (Å²) >= 11 is 1.24. The Bertz CT molecular complexity index is 309. The van der Waals surface area contributed by atoms with Crippen LogP contribution < -0.4 is 0 Å². The van der Waals surface area contributed by atoms with Gasteiger partial charge >= 0.3 is 5.97 Å². The van der Waals surface area contributed by atoms with Crippen molar-refractivity contribution >= 4 is 17.7 Å². The zero-order valence-electron chi connectivity index (χ0n) is 8.44. The molecule has 0 saturated carbocycles. The van der Waals surface area contributed by atoms with Gasteiger partial charge in [-0.1, -0.05) is 11.8 Å². The van der Waals surface area contributed by atoms with Gasteiger partial charge in [0.2, 0.25) is 0 Å². The molecule has 14 heavy (non-hydrogen) atoms. The maximum Gasteiger partial charge on any atom is 0.316 e. The Balaban J connectivity index is 2.30. The first-order valence-electron chi connectivity index (χ1n) is 4.32. The maximum atomic E-state index is 11.1. The van der Waals surface area contributed by atoms with Crippen LogP contribution in [0.3, 0.4) is 0 Å². The summed E-state index contributed by atoms with van der Waals surface area (Å²) in [6.45, 7) is 5.47. The van der Waals surface area contributed by atoms with Gasteiger partial charge in [0.25, 0.3) is 5.22 Å². The largest absolute Gasteiger partial charge is 0.462 e. The summed E-state index contributed by atoms with van der Waals surface area (Å²) in [6, 6.07) is 0. The molecule has 1 heterocycles. The van der Waals surface area contributed by atoms with E-state index >= 15 is 0 Å². The zero-order chi connectivity index (χ0) is 10.6. The first-order chi connectivity index (χ1) is 6.58. The quantitative estimate of drug-likeness (QED) is 0.568. The normalized spacial score (nSPS) is 10.6. The molecule has 0 aliphatic heterocycles. The molecule has 0 radical (unpaired) electrons. The fraction of sp³-hybridized carbons (Fsp3) is 0.556. The van der Waals surface area contributed by atoms with Crippen LogP contribution in [-0.4, -0.2) is 22.8 Å². The molecule has 1 rings (SSSR count). The van der Waals surface area contributed by atoms with Crippen LogP contribution in [0.15, 0.2) is 15.9 Å². The number of thioether (sulfide) groups is 1. The maximum absolute atomic E-state index is 11.1. The summed E-state index contributed by atoms with van der Waals surface area (Å²) in [5.74, 6) is -0.0150. The smallest absolute Gasteiger partial charge is 0.316 e. The van der Waals surface area contributed by atoms with E-state index < -0.39 is 0 Å². The first-order valence-corrected chi connectivity index (χ1v) is 5.31. The Labute approximate surface area is 87.0 Å². The fourth-order valence-electron chi connectivity index (χ4n) is 0.816. The number of hydrogen-bond donors (Lipinski definition) is 0. The van der Waals surface area contributed by atoms with E-state index in [1.807, 2.05) is 20.8 Å². The van der Waals surface area contributed by atoms with Crippen molar-refractivity contribution < 1.29 is 13.9 Å². The predicted molar refractivity (Wildman–Crippen MR) is 53.2 cm³/mol. The SMILES string of the molecule is Cc1coc(SCC(=O)OC(C)C)n1. The fourth-order valence-corrected chi connectivity index (χ4v) is 1.45. The van der Waals surface area contributed by atoms with Crippen molar-refractivity contribution in [3.8, 4) is 0 Å². The highest BCUT2D eigenvalue weighted by molar-refractivity contribution is 7.99. The summed E-state index contributed by atoms with van der Waals surface area (Å²) < 4.78 is 10.0. The van der Waals surface area contributed by atoms with Crippen LogP contribution in [0.4, 0.5) is 0 Å². The van der Waals surface area contributed by atoms with Crippen molar-refractivity contribution in [1.82, 2.24) is 4.98 Å². The predicted octanol–water partition coefficient (Wildman–Crippen LogP) is 2.03. The van der Waals surface area contributed by atoms with Gasteiger partial charge in [0, 0.05) is 0 Å². The second-order valence-electron chi connectivity index (χ2n) is 3.08. The summed E-state index contributed by atoms with van der Waals surface area (Å²) in [6.07, 6.45) is 1.48. The molecule has 4 nitrogen and oxygen atoms in total. The third kappa shape index (κ3) is 3.83. The third-order valence-corrected chi connectivity index (χ3v) is 2.09. The highest BCUT2D eigenvalue weighted by atomic mass is 32.2. The Morgan fingerprint density at radius 2 is 2.43 bits per heavy atom. The van der Waals surface area contributed by atoms with Crippen LogP contribution in [0.1, 0.15) is 19.5 Å². The Kier molecular flexibility index (Phi) is 4.00. The Morgan fingerprint density at radius 1 is 1.71 bits per heavy atom. The molecular weight excluding hydrogens is 202 g/mol. The number of rotatable bonds is 4. The number of hydrogen-bond acceptors (Lipinski definition) is 5. The van der Waals surface area contributed by atoms with Crippen molar-refractivity contribution in [2.75, 3.05) is 5.75 Å². The van der Waals surface area contributed by atoms with Crippen LogP contribution in [0.25, 0.3) is 0 Å². The molecule has 0 bridgehead atoms. The minimum atomic E-state index is -0.249. The number of esters is 1. The van der Waals surface area contributed by atoms with E-state index in [0.717, 1.165) is 5.69 Å². The van der Waals surface area contributed by atoms with Gasteiger partial charge < -0.3 is 9.15 Å². The summed E-state index contributed by atoms with van der Waals surface area (Å²) in [7, 11) is 0. The lowest BCUT2D eigenvalue weighted by molar-refractivity contribution is -0.144. The van der Waals surface area contributed by atoms with Crippen molar-refractivity contribution in [3.63, 3.8) is 0 Å². The number of ether oxygens (including phenoxy) is 1. The number of nitrogens with zero attached hydrogens (tertiary/aromatic N) is 1. The molecule has 0 unspecified atom stereocenters. The lowest BCUT2D eigenvalue weighted by Crippen LogP contribution is -2.13. The van der Waals surface area contributed by atoms with Crippen LogP contribution in [-0.2, 0) is 9.53 Å². The minimum absolute atomic E-state index is 0.0746. The average Bonchev–Trinajstić information content (AvgIpc) is 2.47. The van der Waals surface area contributed by atoms with Crippen LogP contribution >= 0.6 is 11.8 Å². The second kappa shape index (κ2) is 5.05. The molecule has 0 atom stereocenters. The molecule has 78 valence electrons. The van der Waals surface area contributed by atoms with Gasteiger partial charge in [-0.15, -0.1) is 0 Å². The molecule has 0 amide bonds. The molecule has 0 spiro atoms. The third-order valence-electron chi connectivity index (χ3n) is 1.28. The van der Waals surface area contributed by atoms with Crippen molar-refractivity contribution in [1.29, 1.82) is 0 Å². The van der Waals surface area contributed by atoms with Crippen molar-refractivity contribution in [2.24, 2.45) is 0 Å². The van der Waals surface area contributed by atoms with E-state index in [1.54, 1.807) is 6.26 Å². The van der Waals surface area contributed by atoms with E-state index in [4.69, 9.17) is 9.15 Å². The van der Waals surface area contributed by atoms with Gasteiger partial charge in [-0.3, -0.25) is 4.79 Å². The molecule has 5 heteroatoms. The molecule has 0 aliphatic carbocycles. The molecule has 1 aromatic rings. The number of aryl methyl sites for hydroxylation is 1. The number of carbonyl (C=O) groups is 1. The van der Waals surface area contributed by atoms with Gasteiger partial charge in [-0.2, -0.15) is 0 Å². The van der Waals surface area contributed by atoms with Gasteiger partial charge in [0.15, 0.2) is 0 Å². The van der Waals surface area contributed by atoms with Crippen LogP contribution in [0.2, 0.25) is 0 Å². The van der Waals surface area contributed by atoms with E-state index in [2.05, 4.69) is 4.98 Å². The Hall–Kier alpha value is -0.970. The molecule has 1 aromatic heterocycles.